The standard InChI is InChI=1S/C25H29ClF2/c1-2-3-16-4-5-21-13-20(11-10-19(21)12-16)17-6-8-18(9-7-17)22-14-23(27)25(26)24(28)15-22/h6-9,14-16,19-21H,2-5,10-13H2,1H3/t16?,19-,20-,21-/m1/s1. The van der Waals surface area contributed by atoms with E-state index in [1.54, 1.807) is 0 Å². The Labute approximate surface area is 172 Å². The molecular formula is C25H29ClF2. The summed E-state index contributed by atoms with van der Waals surface area (Å²) < 4.78 is 27.5. The summed E-state index contributed by atoms with van der Waals surface area (Å²) in [6.07, 6.45) is 10.9. The van der Waals surface area contributed by atoms with Crippen LogP contribution in [0.3, 0.4) is 0 Å². The zero-order chi connectivity index (χ0) is 19.7. The lowest BCUT2D eigenvalue weighted by Gasteiger charge is -2.42. The summed E-state index contributed by atoms with van der Waals surface area (Å²) in [4.78, 5) is 0. The van der Waals surface area contributed by atoms with Gasteiger partial charge in [-0.05, 0) is 84.6 Å². The summed E-state index contributed by atoms with van der Waals surface area (Å²) in [5, 5.41) is -0.439. The maximum Gasteiger partial charge on any atom is 0.145 e. The van der Waals surface area contributed by atoms with Crippen molar-refractivity contribution < 1.29 is 8.78 Å². The van der Waals surface area contributed by atoms with Crippen LogP contribution in [0.15, 0.2) is 36.4 Å². The highest BCUT2D eigenvalue weighted by atomic mass is 35.5. The SMILES string of the molecule is CCCC1CC[C@@H]2C[C@H](c3ccc(-c4cc(F)c(Cl)c(F)c4)cc3)CC[C@@H]2C1. The summed E-state index contributed by atoms with van der Waals surface area (Å²) >= 11 is 5.60. The Morgan fingerprint density at radius 1 is 0.857 bits per heavy atom. The third kappa shape index (κ3) is 4.13. The van der Waals surface area contributed by atoms with Gasteiger partial charge in [0.1, 0.15) is 16.7 Å². The zero-order valence-electron chi connectivity index (χ0n) is 16.6. The van der Waals surface area contributed by atoms with Crippen molar-refractivity contribution in [2.75, 3.05) is 0 Å². The van der Waals surface area contributed by atoms with Crippen molar-refractivity contribution in [2.24, 2.45) is 17.8 Å². The molecule has 2 aromatic rings. The molecule has 0 aliphatic heterocycles. The molecule has 0 saturated heterocycles. The van der Waals surface area contributed by atoms with Crippen molar-refractivity contribution >= 4 is 11.6 Å². The molecule has 2 saturated carbocycles. The van der Waals surface area contributed by atoms with Crippen LogP contribution in [0, 0.1) is 29.4 Å². The lowest BCUT2D eigenvalue weighted by atomic mass is 9.63. The van der Waals surface area contributed by atoms with Gasteiger partial charge in [0, 0.05) is 0 Å². The number of benzene rings is 2. The Morgan fingerprint density at radius 3 is 2.18 bits per heavy atom. The molecular weight excluding hydrogens is 374 g/mol. The second-order valence-corrected chi connectivity index (χ2v) is 9.25. The Bertz CT molecular complexity index is 791. The highest BCUT2D eigenvalue weighted by Crippen LogP contribution is 2.48. The predicted octanol–water partition coefficient (Wildman–Crippen LogP) is 8.39. The fourth-order valence-electron chi connectivity index (χ4n) is 5.63. The molecule has 0 spiro atoms. The topological polar surface area (TPSA) is 0 Å². The van der Waals surface area contributed by atoms with Crippen LogP contribution in [0.1, 0.15) is 69.8 Å². The number of halogens is 3. The minimum Gasteiger partial charge on any atom is -0.205 e. The predicted molar refractivity (Wildman–Crippen MR) is 113 cm³/mol. The van der Waals surface area contributed by atoms with Crippen molar-refractivity contribution in [3.63, 3.8) is 0 Å². The van der Waals surface area contributed by atoms with E-state index in [1.807, 2.05) is 12.1 Å². The second kappa shape index (κ2) is 8.53. The van der Waals surface area contributed by atoms with Gasteiger partial charge in [-0.1, -0.05) is 62.1 Å². The maximum absolute atomic E-state index is 13.8. The Balaban J connectivity index is 1.44. The maximum atomic E-state index is 13.8. The summed E-state index contributed by atoms with van der Waals surface area (Å²) in [7, 11) is 0. The van der Waals surface area contributed by atoms with Crippen LogP contribution in [0.5, 0.6) is 0 Å². The van der Waals surface area contributed by atoms with Gasteiger partial charge in [-0.3, -0.25) is 0 Å². The van der Waals surface area contributed by atoms with Crippen molar-refractivity contribution in [3.8, 4) is 11.1 Å². The number of rotatable bonds is 4. The van der Waals surface area contributed by atoms with Crippen LogP contribution < -0.4 is 0 Å². The summed E-state index contributed by atoms with van der Waals surface area (Å²) in [5.74, 6) is 1.97. The van der Waals surface area contributed by atoms with E-state index in [2.05, 4.69) is 19.1 Å². The van der Waals surface area contributed by atoms with Crippen LogP contribution >= 0.6 is 11.6 Å². The lowest BCUT2D eigenvalue weighted by Crippen LogP contribution is -2.30. The summed E-state index contributed by atoms with van der Waals surface area (Å²) in [6.45, 7) is 2.31. The Kier molecular flexibility index (Phi) is 6.06. The zero-order valence-corrected chi connectivity index (χ0v) is 17.3. The van der Waals surface area contributed by atoms with Crippen LogP contribution in [0.25, 0.3) is 11.1 Å². The molecule has 0 bridgehead atoms. The first-order chi connectivity index (χ1) is 13.5. The number of hydrogen-bond donors (Lipinski definition) is 0. The molecule has 0 N–H and O–H groups in total. The molecule has 0 radical (unpaired) electrons. The van der Waals surface area contributed by atoms with Crippen molar-refractivity contribution in [1.82, 2.24) is 0 Å². The molecule has 2 aliphatic rings. The molecule has 0 nitrogen and oxygen atoms in total. The number of fused-ring (bicyclic) bond motifs is 1. The molecule has 2 aliphatic carbocycles. The van der Waals surface area contributed by atoms with E-state index in [1.165, 1.54) is 69.1 Å². The summed E-state index contributed by atoms with van der Waals surface area (Å²) in [6, 6.07) is 10.9. The monoisotopic (exact) mass is 402 g/mol. The summed E-state index contributed by atoms with van der Waals surface area (Å²) in [5.41, 5.74) is 2.73. The molecule has 4 atom stereocenters. The molecule has 1 unspecified atom stereocenters. The normalized spacial score (nSPS) is 27.4. The fourth-order valence-corrected chi connectivity index (χ4v) is 5.74. The molecule has 4 rings (SSSR count). The lowest BCUT2D eigenvalue weighted by molar-refractivity contribution is 0.114. The first kappa shape index (κ1) is 19.9. The van der Waals surface area contributed by atoms with Crippen LogP contribution in [-0.2, 0) is 0 Å². The molecule has 0 amide bonds. The average Bonchev–Trinajstić information content (AvgIpc) is 2.71. The van der Waals surface area contributed by atoms with Gasteiger partial charge in [-0.2, -0.15) is 0 Å². The highest BCUT2D eigenvalue weighted by molar-refractivity contribution is 6.31. The molecule has 0 heterocycles. The highest BCUT2D eigenvalue weighted by Gasteiger charge is 2.35. The molecule has 2 fully saturated rings. The molecule has 2 aromatic carbocycles. The minimum atomic E-state index is -0.710. The van der Waals surface area contributed by atoms with Gasteiger partial charge in [0.05, 0.1) is 0 Å². The van der Waals surface area contributed by atoms with Crippen molar-refractivity contribution in [3.05, 3.63) is 58.6 Å². The first-order valence-corrected chi connectivity index (χ1v) is 11.2. The van der Waals surface area contributed by atoms with Gasteiger partial charge >= 0.3 is 0 Å². The van der Waals surface area contributed by atoms with Gasteiger partial charge in [0.25, 0.3) is 0 Å². The Hall–Kier alpha value is -1.41. The number of hydrogen-bond acceptors (Lipinski definition) is 0. The van der Waals surface area contributed by atoms with Crippen LogP contribution in [0.4, 0.5) is 8.78 Å². The van der Waals surface area contributed by atoms with Crippen molar-refractivity contribution in [1.29, 1.82) is 0 Å². The van der Waals surface area contributed by atoms with E-state index < -0.39 is 16.7 Å². The van der Waals surface area contributed by atoms with Gasteiger partial charge < -0.3 is 0 Å². The first-order valence-electron chi connectivity index (χ1n) is 10.8. The quantitative estimate of drug-likeness (QED) is 0.450. The van der Waals surface area contributed by atoms with E-state index in [0.29, 0.717) is 11.5 Å². The minimum absolute atomic E-state index is 0.439. The smallest absolute Gasteiger partial charge is 0.145 e. The Morgan fingerprint density at radius 2 is 1.50 bits per heavy atom. The molecule has 3 heteroatoms. The third-order valence-corrected chi connectivity index (χ3v) is 7.48. The van der Waals surface area contributed by atoms with E-state index in [-0.39, 0.29) is 0 Å². The van der Waals surface area contributed by atoms with Crippen molar-refractivity contribution in [2.45, 2.75) is 64.2 Å². The largest absolute Gasteiger partial charge is 0.205 e. The van der Waals surface area contributed by atoms with Gasteiger partial charge in [-0.15, -0.1) is 0 Å². The van der Waals surface area contributed by atoms with Gasteiger partial charge in [0.2, 0.25) is 0 Å². The van der Waals surface area contributed by atoms with Crippen LogP contribution in [0.2, 0.25) is 5.02 Å². The van der Waals surface area contributed by atoms with E-state index in [4.69, 9.17) is 11.6 Å². The fraction of sp³-hybridized carbons (Fsp3) is 0.520. The molecule has 150 valence electrons. The van der Waals surface area contributed by atoms with Gasteiger partial charge in [-0.25, -0.2) is 8.78 Å². The van der Waals surface area contributed by atoms with E-state index in [9.17, 15) is 8.78 Å². The third-order valence-electron chi connectivity index (χ3n) is 7.12. The average molecular weight is 403 g/mol. The second-order valence-electron chi connectivity index (χ2n) is 8.87. The van der Waals surface area contributed by atoms with E-state index in [0.717, 1.165) is 23.3 Å². The molecule has 0 aromatic heterocycles. The molecule has 28 heavy (non-hydrogen) atoms. The van der Waals surface area contributed by atoms with E-state index >= 15 is 0 Å². The van der Waals surface area contributed by atoms with Crippen LogP contribution in [-0.4, -0.2) is 0 Å². The van der Waals surface area contributed by atoms with Gasteiger partial charge in [0.15, 0.2) is 0 Å².